The Hall–Kier alpha value is -0.300. The third-order valence-electron chi connectivity index (χ3n) is 5.04. The maximum atomic E-state index is 11.0. The first-order chi connectivity index (χ1) is 7.35. The summed E-state index contributed by atoms with van der Waals surface area (Å²) in [5.74, 6) is 0.779. The predicted molar refractivity (Wildman–Crippen MR) is 68.2 cm³/mol. The fourth-order valence-corrected chi connectivity index (χ4v) is 3.69. The Labute approximate surface area is 99.9 Å². The molecule has 1 N–H and O–H groups in total. The van der Waals surface area contributed by atoms with Crippen LogP contribution in [0.4, 0.5) is 0 Å². The number of aliphatic hydroxyl groups is 1. The molecule has 0 saturated heterocycles. The molecule has 2 saturated carbocycles. The van der Waals surface area contributed by atoms with Crippen molar-refractivity contribution in [3.8, 4) is 0 Å². The maximum Gasteiger partial charge on any atom is 0.0738 e. The number of fused-ring (bicyclic) bond motifs is 1. The molecule has 1 nitrogen and oxygen atoms in total. The summed E-state index contributed by atoms with van der Waals surface area (Å²) in [7, 11) is 0. The average molecular weight is 222 g/mol. The first-order valence-corrected chi connectivity index (χ1v) is 6.75. The van der Waals surface area contributed by atoms with Gasteiger partial charge in [0, 0.05) is 5.92 Å². The fraction of sp³-hybridized carbons (Fsp3) is 0.867. The van der Waals surface area contributed by atoms with Gasteiger partial charge in [-0.25, -0.2) is 0 Å². The zero-order valence-electron chi connectivity index (χ0n) is 11.1. The van der Waals surface area contributed by atoms with Gasteiger partial charge in [-0.3, -0.25) is 0 Å². The van der Waals surface area contributed by atoms with Gasteiger partial charge in [0.1, 0.15) is 0 Å². The average Bonchev–Trinajstić information content (AvgIpc) is 2.29. The predicted octanol–water partition coefficient (Wildman–Crippen LogP) is 3.92. The van der Waals surface area contributed by atoms with Gasteiger partial charge in [0.2, 0.25) is 0 Å². The van der Waals surface area contributed by atoms with Crippen LogP contribution in [0.15, 0.2) is 12.2 Å². The Bertz CT molecular complexity index is 292. The molecule has 0 amide bonds. The van der Waals surface area contributed by atoms with Gasteiger partial charge in [-0.2, -0.15) is 0 Å². The van der Waals surface area contributed by atoms with Gasteiger partial charge in [0.05, 0.1) is 5.60 Å². The fourth-order valence-electron chi connectivity index (χ4n) is 3.69. The summed E-state index contributed by atoms with van der Waals surface area (Å²) in [4.78, 5) is 0. The second-order valence-corrected chi connectivity index (χ2v) is 6.86. The molecular formula is C15H26O. The minimum absolute atomic E-state index is 0.341. The molecule has 92 valence electrons. The maximum absolute atomic E-state index is 11.0. The minimum atomic E-state index is -0.455. The molecule has 0 bridgehead atoms. The lowest BCUT2D eigenvalue weighted by atomic mass is 9.60. The lowest BCUT2D eigenvalue weighted by Crippen LogP contribution is -2.49. The molecule has 3 atom stereocenters. The standard InChI is InChI=1S/C15H26O/c1-11-6-5-7-12(2)15(16)9-8-14(3,4)10-13(11)15/h12-13,16H,1,5-10H2,2-4H3. The van der Waals surface area contributed by atoms with Crippen molar-refractivity contribution in [3.05, 3.63) is 12.2 Å². The van der Waals surface area contributed by atoms with Crippen LogP contribution in [-0.2, 0) is 0 Å². The summed E-state index contributed by atoms with van der Waals surface area (Å²) in [6.07, 6.45) is 6.72. The van der Waals surface area contributed by atoms with Crippen LogP contribution in [0.1, 0.15) is 59.3 Å². The van der Waals surface area contributed by atoms with E-state index < -0.39 is 5.60 Å². The monoisotopic (exact) mass is 222 g/mol. The van der Waals surface area contributed by atoms with E-state index in [1.54, 1.807) is 0 Å². The Morgan fingerprint density at radius 2 is 2.00 bits per heavy atom. The van der Waals surface area contributed by atoms with Crippen molar-refractivity contribution in [2.45, 2.75) is 64.9 Å². The van der Waals surface area contributed by atoms with Crippen LogP contribution < -0.4 is 0 Å². The Kier molecular flexibility index (Phi) is 2.94. The van der Waals surface area contributed by atoms with Crippen molar-refractivity contribution < 1.29 is 5.11 Å². The second-order valence-electron chi connectivity index (χ2n) is 6.86. The van der Waals surface area contributed by atoms with Crippen molar-refractivity contribution in [2.24, 2.45) is 17.3 Å². The van der Waals surface area contributed by atoms with Crippen LogP contribution in [0.25, 0.3) is 0 Å². The summed E-state index contributed by atoms with van der Waals surface area (Å²) in [6.45, 7) is 11.1. The van der Waals surface area contributed by atoms with E-state index in [0.717, 1.165) is 32.1 Å². The van der Waals surface area contributed by atoms with Crippen molar-refractivity contribution in [2.75, 3.05) is 0 Å². The van der Waals surface area contributed by atoms with E-state index >= 15 is 0 Å². The Morgan fingerprint density at radius 1 is 1.31 bits per heavy atom. The zero-order chi connectivity index (χ0) is 12.0. The van der Waals surface area contributed by atoms with Crippen molar-refractivity contribution >= 4 is 0 Å². The van der Waals surface area contributed by atoms with Gasteiger partial charge < -0.3 is 5.11 Å². The Balaban J connectivity index is 2.30. The molecule has 2 aliphatic rings. The van der Waals surface area contributed by atoms with Crippen LogP contribution in [0.3, 0.4) is 0 Å². The van der Waals surface area contributed by atoms with Gasteiger partial charge in [-0.05, 0) is 49.9 Å². The quantitative estimate of drug-likeness (QED) is 0.616. The normalized spacial score (nSPS) is 43.6. The van der Waals surface area contributed by atoms with Crippen molar-refractivity contribution in [3.63, 3.8) is 0 Å². The topological polar surface area (TPSA) is 20.2 Å². The van der Waals surface area contributed by atoms with E-state index in [1.807, 2.05) is 0 Å². The van der Waals surface area contributed by atoms with E-state index in [2.05, 4.69) is 27.4 Å². The highest BCUT2D eigenvalue weighted by atomic mass is 16.3. The molecule has 16 heavy (non-hydrogen) atoms. The third-order valence-corrected chi connectivity index (χ3v) is 5.04. The first-order valence-electron chi connectivity index (χ1n) is 6.75. The van der Waals surface area contributed by atoms with E-state index in [1.165, 1.54) is 12.0 Å². The van der Waals surface area contributed by atoms with Gasteiger partial charge in [0.15, 0.2) is 0 Å². The highest BCUT2D eigenvalue weighted by Gasteiger charge is 2.49. The van der Waals surface area contributed by atoms with Gasteiger partial charge in [-0.15, -0.1) is 0 Å². The van der Waals surface area contributed by atoms with Crippen LogP contribution in [-0.4, -0.2) is 10.7 Å². The lowest BCUT2D eigenvalue weighted by molar-refractivity contribution is -0.0991. The molecule has 0 aliphatic heterocycles. The Morgan fingerprint density at radius 3 is 2.69 bits per heavy atom. The molecule has 2 fully saturated rings. The van der Waals surface area contributed by atoms with Crippen LogP contribution >= 0.6 is 0 Å². The molecule has 0 aromatic rings. The molecular weight excluding hydrogens is 196 g/mol. The number of hydrogen-bond donors (Lipinski definition) is 1. The molecule has 0 aromatic carbocycles. The highest BCUT2D eigenvalue weighted by Crippen LogP contribution is 2.52. The summed E-state index contributed by atoms with van der Waals surface area (Å²) in [5.41, 5.74) is 1.23. The van der Waals surface area contributed by atoms with E-state index in [4.69, 9.17) is 0 Å². The van der Waals surface area contributed by atoms with Gasteiger partial charge in [0.25, 0.3) is 0 Å². The minimum Gasteiger partial charge on any atom is -0.389 e. The molecule has 0 spiro atoms. The summed E-state index contributed by atoms with van der Waals surface area (Å²) >= 11 is 0. The molecule has 3 unspecified atom stereocenters. The van der Waals surface area contributed by atoms with E-state index in [0.29, 0.717) is 17.3 Å². The van der Waals surface area contributed by atoms with Gasteiger partial charge >= 0.3 is 0 Å². The molecule has 0 aromatic heterocycles. The third kappa shape index (κ3) is 1.95. The van der Waals surface area contributed by atoms with Gasteiger partial charge in [-0.1, -0.05) is 32.9 Å². The van der Waals surface area contributed by atoms with Crippen molar-refractivity contribution in [1.82, 2.24) is 0 Å². The van der Waals surface area contributed by atoms with Crippen LogP contribution in [0.5, 0.6) is 0 Å². The van der Waals surface area contributed by atoms with Crippen LogP contribution in [0.2, 0.25) is 0 Å². The molecule has 2 rings (SSSR count). The molecule has 2 aliphatic carbocycles. The zero-order valence-corrected chi connectivity index (χ0v) is 11.1. The number of hydrogen-bond acceptors (Lipinski definition) is 1. The number of rotatable bonds is 0. The summed E-state index contributed by atoms with van der Waals surface area (Å²) in [6, 6.07) is 0. The lowest BCUT2D eigenvalue weighted by Gasteiger charge is -2.49. The van der Waals surface area contributed by atoms with E-state index in [-0.39, 0.29) is 0 Å². The highest BCUT2D eigenvalue weighted by molar-refractivity contribution is 5.15. The first kappa shape index (κ1) is 12.2. The smallest absolute Gasteiger partial charge is 0.0738 e. The molecule has 1 heteroatoms. The van der Waals surface area contributed by atoms with E-state index in [9.17, 15) is 5.11 Å². The summed E-state index contributed by atoms with van der Waals surface area (Å²) < 4.78 is 0. The molecule has 0 heterocycles. The largest absolute Gasteiger partial charge is 0.389 e. The summed E-state index contributed by atoms with van der Waals surface area (Å²) in [5, 5.41) is 11.0. The SMILES string of the molecule is C=C1CCCC(C)C2(O)CCC(C)(C)CC12. The molecule has 0 radical (unpaired) electrons. The second kappa shape index (κ2) is 3.87. The van der Waals surface area contributed by atoms with Crippen LogP contribution in [0, 0.1) is 17.3 Å². The van der Waals surface area contributed by atoms with Crippen molar-refractivity contribution in [1.29, 1.82) is 0 Å².